The second kappa shape index (κ2) is 5.01. The van der Waals surface area contributed by atoms with Gasteiger partial charge in [0.2, 0.25) is 0 Å². The molecule has 18 heavy (non-hydrogen) atoms. The van der Waals surface area contributed by atoms with Crippen molar-refractivity contribution in [2.75, 3.05) is 0 Å². The highest BCUT2D eigenvalue weighted by Crippen LogP contribution is 2.36. The molecule has 0 aromatic heterocycles. The van der Waals surface area contributed by atoms with Crippen molar-refractivity contribution in [3.8, 4) is 6.07 Å². The van der Waals surface area contributed by atoms with Gasteiger partial charge in [0.05, 0.1) is 23.0 Å². The van der Waals surface area contributed by atoms with Gasteiger partial charge in [-0.25, -0.2) is 0 Å². The van der Waals surface area contributed by atoms with Gasteiger partial charge in [-0.1, -0.05) is 0 Å². The van der Waals surface area contributed by atoms with Crippen LogP contribution < -0.4 is 5.73 Å². The number of benzene rings is 1. The summed E-state index contributed by atoms with van der Waals surface area (Å²) in [6.07, 6.45) is -5.06. The first-order chi connectivity index (χ1) is 8.27. The molecule has 1 atom stereocenters. The maximum atomic E-state index is 12.7. The molecule has 0 aliphatic heterocycles. The van der Waals surface area contributed by atoms with E-state index in [1.165, 1.54) is 0 Å². The molecule has 0 fully saturated rings. The third kappa shape index (κ3) is 2.95. The van der Waals surface area contributed by atoms with Crippen molar-refractivity contribution in [2.24, 2.45) is 5.73 Å². The van der Waals surface area contributed by atoms with E-state index < -0.39 is 28.4 Å². The second-order valence-corrected chi connectivity index (χ2v) is 3.50. The molecule has 0 spiro atoms. The molecule has 0 saturated heterocycles. The normalized spacial score (nSPS) is 12.8. The fraction of sp³-hybridized carbons (Fsp3) is 0.300. The molecule has 0 aliphatic carbocycles. The number of nitro groups is 1. The van der Waals surface area contributed by atoms with E-state index in [0.717, 1.165) is 12.1 Å². The highest BCUT2D eigenvalue weighted by atomic mass is 19.4. The summed E-state index contributed by atoms with van der Waals surface area (Å²) in [5.74, 6) is 0. The minimum Gasteiger partial charge on any atom is -0.323 e. The van der Waals surface area contributed by atoms with Crippen LogP contribution in [0, 0.1) is 21.4 Å². The third-order valence-corrected chi connectivity index (χ3v) is 2.26. The largest absolute Gasteiger partial charge is 0.416 e. The number of rotatable bonds is 3. The van der Waals surface area contributed by atoms with Gasteiger partial charge in [-0.15, -0.1) is 0 Å². The number of hydrogen-bond donors (Lipinski definition) is 1. The van der Waals surface area contributed by atoms with Crippen LogP contribution in [0.5, 0.6) is 0 Å². The van der Waals surface area contributed by atoms with Crippen LogP contribution in [0.25, 0.3) is 0 Å². The van der Waals surface area contributed by atoms with Gasteiger partial charge in [-0.2, -0.15) is 18.4 Å². The lowest BCUT2D eigenvalue weighted by atomic mass is 9.98. The lowest BCUT2D eigenvalue weighted by Crippen LogP contribution is -2.17. The Labute approximate surface area is 99.8 Å². The molecule has 0 radical (unpaired) electrons. The van der Waals surface area contributed by atoms with Crippen LogP contribution in [0.15, 0.2) is 18.2 Å². The van der Waals surface area contributed by atoms with E-state index in [1.54, 1.807) is 6.07 Å². The Morgan fingerprint density at radius 2 is 2.11 bits per heavy atom. The standard InChI is InChI=1S/C10H8F3N3O2/c11-10(12,13)8-5-6(16(17)18)1-2-7(8)9(15)3-4-14/h1-2,5,9H,3,15H2/t9-/m0/s1. The zero-order valence-corrected chi connectivity index (χ0v) is 8.94. The highest BCUT2D eigenvalue weighted by Gasteiger charge is 2.36. The molecular formula is C10H8F3N3O2. The smallest absolute Gasteiger partial charge is 0.323 e. The first-order valence-corrected chi connectivity index (χ1v) is 4.75. The van der Waals surface area contributed by atoms with Crippen LogP contribution in [0.4, 0.5) is 18.9 Å². The first-order valence-electron chi connectivity index (χ1n) is 4.75. The average Bonchev–Trinajstić information content (AvgIpc) is 2.27. The van der Waals surface area contributed by atoms with Crippen molar-refractivity contribution in [1.82, 2.24) is 0 Å². The zero-order chi connectivity index (χ0) is 13.9. The van der Waals surface area contributed by atoms with Crippen LogP contribution in [-0.4, -0.2) is 4.92 Å². The van der Waals surface area contributed by atoms with Gasteiger partial charge in [-0.3, -0.25) is 10.1 Å². The molecule has 1 rings (SSSR count). The van der Waals surface area contributed by atoms with Crippen LogP contribution >= 0.6 is 0 Å². The third-order valence-electron chi connectivity index (χ3n) is 2.26. The van der Waals surface area contributed by atoms with Crippen LogP contribution in [0.1, 0.15) is 23.6 Å². The van der Waals surface area contributed by atoms with Gasteiger partial charge < -0.3 is 5.73 Å². The van der Waals surface area contributed by atoms with E-state index in [1.807, 2.05) is 0 Å². The van der Waals surface area contributed by atoms with Crippen molar-refractivity contribution in [3.63, 3.8) is 0 Å². The molecule has 0 saturated carbocycles. The number of nitrogens with two attached hydrogens (primary N) is 1. The molecule has 0 aliphatic rings. The Morgan fingerprint density at radius 3 is 2.56 bits per heavy atom. The van der Waals surface area contributed by atoms with Gasteiger partial charge in [0, 0.05) is 18.2 Å². The summed E-state index contributed by atoms with van der Waals surface area (Å²) in [7, 11) is 0. The van der Waals surface area contributed by atoms with Crippen molar-refractivity contribution in [1.29, 1.82) is 5.26 Å². The number of alkyl halides is 3. The highest BCUT2D eigenvalue weighted by molar-refractivity contribution is 5.43. The predicted molar refractivity (Wildman–Crippen MR) is 55.3 cm³/mol. The summed E-state index contributed by atoms with van der Waals surface area (Å²) in [6, 6.07) is 2.81. The van der Waals surface area contributed by atoms with E-state index in [-0.39, 0.29) is 12.0 Å². The maximum absolute atomic E-state index is 12.7. The number of hydrogen-bond acceptors (Lipinski definition) is 4. The minimum atomic E-state index is -4.76. The molecule has 0 unspecified atom stereocenters. The molecule has 8 heteroatoms. The van der Waals surface area contributed by atoms with E-state index in [9.17, 15) is 23.3 Å². The molecule has 96 valence electrons. The summed E-state index contributed by atoms with van der Waals surface area (Å²) < 4.78 is 38.2. The molecule has 0 heterocycles. The summed E-state index contributed by atoms with van der Waals surface area (Å²) in [6.45, 7) is 0. The number of non-ortho nitro benzene ring substituents is 1. The predicted octanol–water partition coefficient (Wildman–Crippen LogP) is 2.53. The molecule has 5 nitrogen and oxygen atoms in total. The number of nitrogens with zero attached hydrogens (tertiary/aromatic N) is 2. The number of nitro benzene ring substituents is 1. The van der Waals surface area contributed by atoms with Gasteiger partial charge >= 0.3 is 6.18 Å². The second-order valence-electron chi connectivity index (χ2n) is 3.50. The topological polar surface area (TPSA) is 93.0 Å². The summed E-state index contributed by atoms with van der Waals surface area (Å²) >= 11 is 0. The van der Waals surface area contributed by atoms with Crippen LogP contribution in [0.3, 0.4) is 0 Å². The Morgan fingerprint density at radius 1 is 1.50 bits per heavy atom. The van der Waals surface area contributed by atoms with Crippen LogP contribution in [0.2, 0.25) is 0 Å². The lowest BCUT2D eigenvalue weighted by Gasteiger charge is -2.16. The molecule has 1 aromatic rings. The maximum Gasteiger partial charge on any atom is 0.416 e. The fourth-order valence-corrected chi connectivity index (χ4v) is 1.43. The van der Waals surface area contributed by atoms with Crippen LogP contribution in [-0.2, 0) is 6.18 Å². The van der Waals surface area contributed by atoms with E-state index in [0.29, 0.717) is 6.07 Å². The Hall–Kier alpha value is -2.14. The van der Waals surface area contributed by atoms with Crippen molar-refractivity contribution in [3.05, 3.63) is 39.4 Å². The number of halogens is 3. The van der Waals surface area contributed by atoms with E-state index >= 15 is 0 Å². The van der Waals surface area contributed by atoms with Gasteiger partial charge in [0.15, 0.2) is 0 Å². The molecule has 2 N–H and O–H groups in total. The van der Waals surface area contributed by atoms with Crippen molar-refractivity contribution < 1.29 is 18.1 Å². The SMILES string of the molecule is N#CC[C@H](N)c1ccc([N+](=O)[O-])cc1C(F)(F)F. The Balaban J connectivity index is 3.35. The average molecular weight is 259 g/mol. The van der Waals surface area contributed by atoms with Crippen molar-refractivity contribution in [2.45, 2.75) is 18.6 Å². The van der Waals surface area contributed by atoms with Crippen molar-refractivity contribution >= 4 is 5.69 Å². The number of nitriles is 1. The summed E-state index contributed by atoms with van der Waals surface area (Å²) in [5, 5.41) is 18.9. The molecular weight excluding hydrogens is 251 g/mol. The minimum absolute atomic E-state index is 0.305. The zero-order valence-electron chi connectivity index (χ0n) is 8.94. The lowest BCUT2D eigenvalue weighted by molar-refractivity contribution is -0.385. The van der Waals surface area contributed by atoms with Gasteiger partial charge in [0.1, 0.15) is 0 Å². The Kier molecular flexibility index (Phi) is 3.88. The Bertz CT molecular complexity index is 508. The quantitative estimate of drug-likeness (QED) is 0.666. The first kappa shape index (κ1) is 13.9. The van der Waals surface area contributed by atoms with E-state index in [2.05, 4.69) is 0 Å². The monoisotopic (exact) mass is 259 g/mol. The molecule has 0 amide bonds. The molecule has 1 aromatic carbocycles. The summed E-state index contributed by atoms with van der Waals surface area (Å²) in [5.41, 5.74) is 3.26. The van der Waals surface area contributed by atoms with Gasteiger partial charge in [0.25, 0.3) is 5.69 Å². The van der Waals surface area contributed by atoms with E-state index in [4.69, 9.17) is 11.0 Å². The summed E-state index contributed by atoms with van der Waals surface area (Å²) in [4.78, 5) is 9.52. The van der Waals surface area contributed by atoms with Gasteiger partial charge in [-0.05, 0) is 11.6 Å². The molecule has 0 bridgehead atoms. The fourth-order valence-electron chi connectivity index (χ4n) is 1.43.